The highest BCUT2D eigenvalue weighted by Crippen LogP contribution is 1.96. The molecule has 0 unspecified atom stereocenters. The van der Waals surface area contributed by atoms with Crippen LogP contribution in [-0.2, 0) is 4.79 Å². The Morgan fingerprint density at radius 3 is 2.73 bits per heavy atom. The highest BCUT2D eigenvalue weighted by Gasteiger charge is 1.84. The Hall–Kier alpha value is -0.860. The second-order valence-corrected chi connectivity index (χ2v) is 2.47. The zero-order valence-electron chi connectivity index (χ0n) is 7.29. The predicted molar refractivity (Wildman–Crippen MR) is 46.5 cm³/mol. The molecule has 0 aliphatic carbocycles. The van der Waals surface area contributed by atoms with Crippen molar-refractivity contribution in [2.75, 3.05) is 7.05 Å². The van der Waals surface area contributed by atoms with Crippen molar-refractivity contribution in [3.05, 3.63) is 0 Å². The molecule has 0 aromatic carbocycles. The number of hydrogen-bond acceptors (Lipinski definition) is 2. The van der Waals surface area contributed by atoms with Crippen LogP contribution in [0.1, 0.15) is 32.6 Å². The van der Waals surface area contributed by atoms with Crippen molar-refractivity contribution in [2.45, 2.75) is 32.6 Å². The van der Waals surface area contributed by atoms with E-state index in [2.05, 4.69) is 12.0 Å². The van der Waals surface area contributed by atoms with Gasteiger partial charge in [0.05, 0.1) is 0 Å². The van der Waals surface area contributed by atoms with E-state index in [1.807, 2.05) is 0 Å². The molecule has 3 heteroatoms. The number of unbranched alkanes of at least 4 members (excludes halogenated alkanes) is 3. The normalized spacial score (nSPS) is 10.4. The molecule has 0 spiro atoms. The van der Waals surface area contributed by atoms with Gasteiger partial charge in [-0.25, -0.2) is 5.01 Å². The van der Waals surface area contributed by atoms with Crippen LogP contribution >= 0.6 is 0 Å². The van der Waals surface area contributed by atoms with Crippen molar-refractivity contribution in [3.8, 4) is 0 Å². The molecule has 0 saturated heterocycles. The summed E-state index contributed by atoms with van der Waals surface area (Å²) in [6.07, 6.45) is 7.05. The van der Waals surface area contributed by atoms with E-state index in [-0.39, 0.29) is 0 Å². The topological polar surface area (TPSA) is 32.7 Å². The number of hydrazone groups is 1. The van der Waals surface area contributed by atoms with Crippen molar-refractivity contribution in [1.29, 1.82) is 0 Å². The SMILES string of the molecule is CCCCC/C=N/N(C)C=O. The average Bonchev–Trinajstić information content (AvgIpc) is 2.04. The molecular formula is C8H16N2O. The Morgan fingerprint density at radius 2 is 2.18 bits per heavy atom. The first kappa shape index (κ1) is 10.1. The summed E-state index contributed by atoms with van der Waals surface area (Å²) in [5.41, 5.74) is 0. The minimum absolute atomic E-state index is 0.691. The van der Waals surface area contributed by atoms with E-state index in [0.29, 0.717) is 6.41 Å². The molecule has 0 aromatic heterocycles. The third kappa shape index (κ3) is 7.03. The zero-order chi connectivity index (χ0) is 8.53. The number of hydrogen-bond donors (Lipinski definition) is 0. The Morgan fingerprint density at radius 1 is 1.45 bits per heavy atom. The fraction of sp³-hybridized carbons (Fsp3) is 0.750. The van der Waals surface area contributed by atoms with E-state index in [0.717, 1.165) is 12.8 Å². The molecule has 11 heavy (non-hydrogen) atoms. The monoisotopic (exact) mass is 156 g/mol. The highest BCUT2D eigenvalue weighted by molar-refractivity contribution is 5.59. The van der Waals surface area contributed by atoms with Gasteiger partial charge < -0.3 is 0 Å². The van der Waals surface area contributed by atoms with Gasteiger partial charge >= 0.3 is 0 Å². The maximum absolute atomic E-state index is 10.0. The van der Waals surface area contributed by atoms with Crippen molar-refractivity contribution >= 4 is 12.6 Å². The Kier molecular flexibility index (Phi) is 6.68. The number of nitrogens with zero attached hydrogens (tertiary/aromatic N) is 2. The third-order valence-corrected chi connectivity index (χ3v) is 1.35. The van der Waals surface area contributed by atoms with Gasteiger partial charge in [0.15, 0.2) is 0 Å². The lowest BCUT2D eigenvalue weighted by Crippen LogP contribution is -2.06. The number of carbonyl (C=O) groups excluding carboxylic acids is 1. The smallest absolute Gasteiger partial charge is 0.229 e. The lowest BCUT2D eigenvalue weighted by atomic mass is 10.2. The summed E-state index contributed by atoms with van der Waals surface area (Å²) in [6.45, 7) is 2.16. The van der Waals surface area contributed by atoms with Gasteiger partial charge in [0.25, 0.3) is 0 Å². The fourth-order valence-corrected chi connectivity index (χ4v) is 0.699. The zero-order valence-corrected chi connectivity index (χ0v) is 7.29. The molecule has 0 bridgehead atoms. The van der Waals surface area contributed by atoms with Gasteiger partial charge in [0.1, 0.15) is 0 Å². The standard InChI is InChI=1S/C8H16N2O/c1-3-4-5-6-7-9-10(2)8-11/h7-8H,3-6H2,1-2H3/b9-7+. The second kappa shape index (κ2) is 7.25. The Balaban J connectivity index is 3.22. The summed E-state index contributed by atoms with van der Waals surface area (Å²) >= 11 is 0. The minimum Gasteiger partial charge on any atom is -0.277 e. The molecule has 3 nitrogen and oxygen atoms in total. The van der Waals surface area contributed by atoms with Gasteiger partial charge in [-0.15, -0.1) is 0 Å². The fourth-order valence-electron chi connectivity index (χ4n) is 0.699. The van der Waals surface area contributed by atoms with Crippen LogP contribution < -0.4 is 0 Å². The van der Waals surface area contributed by atoms with Gasteiger partial charge in [0, 0.05) is 13.3 Å². The predicted octanol–water partition coefficient (Wildman–Crippen LogP) is 1.64. The minimum atomic E-state index is 0.691. The van der Waals surface area contributed by atoms with Crippen LogP contribution in [0.4, 0.5) is 0 Å². The van der Waals surface area contributed by atoms with E-state index in [4.69, 9.17) is 0 Å². The first-order chi connectivity index (χ1) is 5.31. The quantitative estimate of drug-likeness (QED) is 0.249. The van der Waals surface area contributed by atoms with Crippen molar-refractivity contribution in [3.63, 3.8) is 0 Å². The van der Waals surface area contributed by atoms with E-state index in [1.165, 1.54) is 17.9 Å². The summed E-state index contributed by atoms with van der Waals surface area (Å²) < 4.78 is 0. The first-order valence-electron chi connectivity index (χ1n) is 4.01. The number of rotatable bonds is 6. The van der Waals surface area contributed by atoms with Gasteiger partial charge in [-0.3, -0.25) is 4.79 Å². The molecule has 64 valence electrons. The molecule has 0 aromatic rings. The molecule has 0 fully saturated rings. The van der Waals surface area contributed by atoms with Crippen LogP contribution in [0, 0.1) is 0 Å². The maximum atomic E-state index is 10.0. The summed E-state index contributed by atoms with van der Waals surface area (Å²) in [5.74, 6) is 0. The lowest BCUT2D eigenvalue weighted by molar-refractivity contribution is -0.116. The number of amides is 1. The molecule has 0 heterocycles. The van der Waals surface area contributed by atoms with Crippen LogP contribution in [0.3, 0.4) is 0 Å². The van der Waals surface area contributed by atoms with E-state index < -0.39 is 0 Å². The van der Waals surface area contributed by atoms with E-state index >= 15 is 0 Å². The molecular weight excluding hydrogens is 140 g/mol. The highest BCUT2D eigenvalue weighted by atomic mass is 16.1. The molecule has 0 saturated carbocycles. The molecule has 1 amide bonds. The van der Waals surface area contributed by atoms with Crippen LogP contribution in [0.15, 0.2) is 5.10 Å². The van der Waals surface area contributed by atoms with Gasteiger partial charge in [-0.2, -0.15) is 5.10 Å². The van der Waals surface area contributed by atoms with Crippen molar-refractivity contribution < 1.29 is 4.79 Å². The van der Waals surface area contributed by atoms with E-state index in [9.17, 15) is 4.79 Å². The van der Waals surface area contributed by atoms with Crippen molar-refractivity contribution in [1.82, 2.24) is 5.01 Å². The lowest BCUT2D eigenvalue weighted by Gasteiger charge is -1.99. The molecule has 0 rings (SSSR count). The maximum Gasteiger partial charge on any atom is 0.229 e. The Bertz CT molecular complexity index is 123. The van der Waals surface area contributed by atoms with Gasteiger partial charge in [-0.05, 0) is 12.8 Å². The van der Waals surface area contributed by atoms with Crippen molar-refractivity contribution in [2.24, 2.45) is 5.10 Å². The number of carbonyl (C=O) groups is 1. The molecule has 0 aliphatic rings. The van der Waals surface area contributed by atoms with Crippen LogP contribution in [0.2, 0.25) is 0 Å². The third-order valence-electron chi connectivity index (χ3n) is 1.35. The molecule has 0 aliphatic heterocycles. The van der Waals surface area contributed by atoms with Crippen LogP contribution in [-0.4, -0.2) is 24.7 Å². The Labute approximate surface area is 68.1 Å². The van der Waals surface area contributed by atoms with Gasteiger partial charge in [0.2, 0.25) is 6.41 Å². The van der Waals surface area contributed by atoms with Crippen LogP contribution in [0.5, 0.6) is 0 Å². The van der Waals surface area contributed by atoms with Gasteiger partial charge in [-0.1, -0.05) is 19.8 Å². The molecule has 0 N–H and O–H groups in total. The summed E-state index contributed by atoms with van der Waals surface area (Å²) in [5, 5.41) is 5.12. The largest absolute Gasteiger partial charge is 0.277 e. The summed E-state index contributed by atoms with van der Waals surface area (Å²) in [6, 6.07) is 0. The second-order valence-electron chi connectivity index (χ2n) is 2.47. The summed E-state index contributed by atoms with van der Waals surface area (Å²) in [4.78, 5) is 10.0. The van der Waals surface area contributed by atoms with Crippen LogP contribution in [0.25, 0.3) is 0 Å². The average molecular weight is 156 g/mol. The molecule has 0 radical (unpaired) electrons. The first-order valence-corrected chi connectivity index (χ1v) is 4.01. The van der Waals surface area contributed by atoms with E-state index in [1.54, 1.807) is 13.3 Å². The molecule has 0 atom stereocenters. The summed E-state index contributed by atoms with van der Waals surface area (Å²) in [7, 11) is 1.63.